The van der Waals surface area contributed by atoms with E-state index in [-0.39, 0.29) is 0 Å². The zero-order valence-electron chi connectivity index (χ0n) is 11.8. The van der Waals surface area contributed by atoms with Gasteiger partial charge in [0.2, 0.25) is 0 Å². The molecule has 3 heteroatoms. The van der Waals surface area contributed by atoms with Gasteiger partial charge in [-0.2, -0.15) is 0 Å². The molecule has 2 aromatic carbocycles. The summed E-state index contributed by atoms with van der Waals surface area (Å²) >= 11 is 0. The maximum atomic E-state index is 5.34. The molecule has 21 heavy (non-hydrogen) atoms. The fourth-order valence-electron chi connectivity index (χ4n) is 2.21. The van der Waals surface area contributed by atoms with Gasteiger partial charge in [-0.25, -0.2) is 4.98 Å². The molecule has 1 heterocycles. The highest BCUT2D eigenvalue weighted by Crippen LogP contribution is 2.29. The zero-order valence-corrected chi connectivity index (χ0v) is 11.8. The van der Waals surface area contributed by atoms with Crippen molar-refractivity contribution in [3.05, 3.63) is 72.3 Å². The van der Waals surface area contributed by atoms with E-state index in [2.05, 4.69) is 40.3 Å². The Bertz CT molecular complexity index is 731. The normalized spacial score (nSPS) is 10.9. The summed E-state index contributed by atoms with van der Waals surface area (Å²) in [6.45, 7) is 0. The van der Waals surface area contributed by atoms with Crippen LogP contribution in [0.2, 0.25) is 0 Å². The van der Waals surface area contributed by atoms with Crippen LogP contribution in [0.25, 0.3) is 23.3 Å². The molecule has 0 bridgehead atoms. The Balaban J connectivity index is 2.03. The Morgan fingerprint density at radius 1 is 1.05 bits per heavy atom. The minimum Gasteiger partial charge on any atom is -0.497 e. The second-order valence-corrected chi connectivity index (χ2v) is 4.63. The summed E-state index contributed by atoms with van der Waals surface area (Å²) in [6.07, 6.45) is 7.58. The largest absolute Gasteiger partial charge is 0.497 e. The summed E-state index contributed by atoms with van der Waals surface area (Å²) in [7, 11) is 1.68. The van der Waals surface area contributed by atoms with Gasteiger partial charge in [0.05, 0.1) is 7.11 Å². The average Bonchev–Trinajstić information content (AvgIpc) is 3.07. The third-order valence-corrected chi connectivity index (χ3v) is 3.29. The fourth-order valence-corrected chi connectivity index (χ4v) is 2.21. The summed E-state index contributed by atoms with van der Waals surface area (Å²) in [5, 5.41) is 0. The Morgan fingerprint density at radius 2 is 1.90 bits per heavy atom. The number of aromatic amines is 1. The number of rotatable bonds is 4. The van der Waals surface area contributed by atoms with E-state index in [1.807, 2.05) is 36.5 Å². The van der Waals surface area contributed by atoms with Gasteiger partial charge in [0.1, 0.15) is 11.6 Å². The summed E-state index contributed by atoms with van der Waals surface area (Å²) in [5.74, 6) is 1.69. The van der Waals surface area contributed by atoms with E-state index in [0.717, 1.165) is 28.3 Å². The van der Waals surface area contributed by atoms with Gasteiger partial charge in [-0.3, -0.25) is 0 Å². The maximum Gasteiger partial charge on any atom is 0.129 e. The van der Waals surface area contributed by atoms with Gasteiger partial charge < -0.3 is 9.72 Å². The number of methoxy groups -OCH3 is 1. The van der Waals surface area contributed by atoms with E-state index in [4.69, 9.17) is 4.74 Å². The van der Waals surface area contributed by atoms with Crippen LogP contribution in [0, 0.1) is 0 Å². The molecule has 3 rings (SSSR count). The highest BCUT2D eigenvalue weighted by atomic mass is 16.5. The number of nitrogens with one attached hydrogen (secondary N) is 1. The lowest BCUT2D eigenvalue weighted by Gasteiger charge is -2.09. The first-order chi connectivity index (χ1) is 10.4. The molecular formula is C18H16N2O. The van der Waals surface area contributed by atoms with Crippen LogP contribution in [-0.2, 0) is 0 Å². The third kappa shape index (κ3) is 3.03. The Kier molecular flexibility index (Phi) is 3.83. The molecule has 1 aromatic heterocycles. The predicted molar refractivity (Wildman–Crippen MR) is 85.9 cm³/mol. The molecule has 0 radical (unpaired) electrons. The molecule has 1 N–H and O–H groups in total. The van der Waals surface area contributed by atoms with Crippen molar-refractivity contribution < 1.29 is 4.74 Å². The number of hydrogen-bond donors (Lipinski definition) is 1. The van der Waals surface area contributed by atoms with Gasteiger partial charge in [-0.15, -0.1) is 0 Å². The van der Waals surface area contributed by atoms with E-state index in [0.29, 0.717) is 0 Å². The minimum atomic E-state index is 0.838. The molecule has 0 unspecified atom stereocenters. The van der Waals surface area contributed by atoms with Crippen molar-refractivity contribution >= 4 is 12.2 Å². The van der Waals surface area contributed by atoms with Gasteiger partial charge in [0.25, 0.3) is 0 Å². The Hall–Kier alpha value is -2.81. The van der Waals surface area contributed by atoms with Crippen LogP contribution in [0.3, 0.4) is 0 Å². The molecule has 3 nitrogen and oxygen atoms in total. The second-order valence-electron chi connectivity index (χ2n) is 4.63. The second kappa shape index (κ2) is 6.09. The van der Waals surface area contributed by atoms with E-state index in [1.54, 1.807) is 13.3 Å². The van der Waals surface area contributed by atoms with Crippen molar-refractivity contribution in [2.45, 2.75) is 0 Å². The minimum absolute atomic E-state index is 0.838. The molecule has 0 aliphatic rings. The van der Waals surface area contributed by atoms with Crippen molar-refractivity contribution in [2.75, 3.05) is 7.11 Å². The molecule has 0 fully saturated rings. The lowest BCUT2D eigenvalue weighted by atomic mass is 9.99. The first-order valence-corrected chi connectivity index (χ1v) is 6.78. The van der Waals surface area contributed by atoms with Gasteiger partial charge in [-0.1, -0.05) is 42.5 Å². The Morgan fingerprint density at radius 3 is 2.62 bits per heavy atom. The molecule has 0 aliphatic carbocycles. The summed E-state index contributed by atoms with van der Waals surface area (Å²) in [4.78, 5) is 7.27. The quantitative estimate of drug-likeness (QED) is 0.773. The smallest absolute Gasteiger partial charge is 0.129 e. The summed E-state index contributed by atoms with van der Waals surface area (Å²) < 4.78 is 5.34. The van der Waals surface area contributed by atoms with Gasteiger partial charge >= 0.3 is 0 Å². The standard InChI is InChI=1S/C18H16N2O/c1-21-16-9-7-15(8-10-18-19-11-12-20-18)17(13-16)14-5-3-2-4-6-14/h2-13H,1H3,(H,19,20). The molecule has 0 spiro atoms. The van der Waals surface area contributed by atoms with Crippen molar-refractivity contribution in [1.82, 2.24) is 9.97 Å². The van der Waals surface area contributed by atoms with Crippen molar-refractivity contribution in [3.8, 4) is 16.9 Å². The SMILES string of the molecule is COc1ccc(C=Cc2ncc[nH]2)c(-c2ccccc2)c1. The monoisotopic (exact) mass is 276 g/mol. The number of nitrogens with zero attached hydrogens (tertiary/aromatic N) is 1. The fraction of sp³-hybridized carbons (Fsp3) is 0.0556. The molecule has 0 saturated carbocycles. The molecule has 3 aromatic rings. The van der Waals surface area contributed by atoms with Crippen molar-refractivity contribution in [2.24, 2.45) is 0 Å². The predicted octanol–water partition coefficient (Wildman–Crippen LogP) is 4.26. The molecule has 0 aliphatic heterocycles. The number of ether oxygens (including phenoxy) is 1. The zero-order chi connectivity index (χ0) is 14.5. The highest BCUT2D eigenvalue weighted by Gasteiger charge is 2.05. The van der Waals surface area contributed by atoms with Crippen LogP contribution < -0.4 is 4.74 Å². The average molecular weight is 276 g/mol. The lowest BCUT2D eigenvalue weighted by molar-refractivity contribution is 0.415. The van der Waals surface area contributed by atoms with Crippen LogP contribution in [0.5, 0.6) is 5.75 Å². The first-order valence-electron chi connectivity index (χ1n) is 6.78. The number of aromatic nitrogens is 2. The number of benzene rings is 2. The lowest BCUT2D eigenvalue weighted by Crippen LogP contribution is -1.87. The van der Waals surface area contributed by atoms with Gasteiger partial charge in [0, 0.05) is 12.4 Å². The Labute approximate surface area is 123 Å². The highest BCUT2D eigenvalue weighted by molar-refractivity contribution is 5.80. The molecule has 0 atom stereocenters. The van der Waals surface area contributed by atoms with Crippen LogP contribution in [-0.4, -0.2) is 17.1 Å². The van der Waals surface area contributed by atoms with Crippen LogP contribution in [0.15, 0.2) is 60.9 Å². The van der Waals surface area contributed by atoms with E-state index in [1.165, 1.54) is 0 Å². The topological polar surface area (TPSA) is 37.9 Å². The molecular weight excluding hydrogens is 260 g/mol. The van der Waals surface area contributed by atoms with Crippen LogP contribution >= 0.6 is 0 Å². The maximum absolute atomic E-state index is 5.34. The van der Waals surface area contributed by atoms with E-state index >= 15 is 0 Å². The third-order valence-electron chi connectivity index (χ3n) is 3.29. The molecule has 104 valence electrons. The van der Waals surface area contributed by atoms with Crippen LogP contribution in [0.1, 0.15) is 11.4 Å². The van der Waals surface area contributed by atoms with E-state index in [9.17, 15) is 0 Å². The van der Waals surface area contributed by atoms with Gasteiger partial charge in [0.15, 0.2) is 0 Å². The van der Waals surface area contributed by atoms with Crippen molar-refractivity contribution in [1.29, 1.82) is 0 Å². The number of imidazole rings is 1. The van der Waals surface area contributed by atoms with Crippen molar-refractivity contribution in [3.63, 3.8) is 0 Å². The van der Waals surface area contributed by atoms with E-state index < -0.39 is 0 Å². The molecule has 0 amide bonds. The summed E-state index contributed by atoms with van der Waals surface area (Å²) in [5.41, 5.74) is 3.42. The molecule has 0 saturated heterocycles. The van der Waals surface area contributed by atoms with Gasteiger partial charge in [-0.05, 0) is 34.9 Å². The number of hydrogen-bond acceptors (Lipinski definition) is 2. The van der Waals surface area contributed by atoms with Crippen LogP contribution in [0.4, 0.5) is 0 Å². The number of H-pyrrole nitrogens is 1. The first kappa shape index (κ1) is 13.2. The summed E-state index contributed by atoms with van der Waals surface area (Å²) in [6, 6.07) is 16.4.